The molecule has 0 aliphatic rings. The van der Waals surface area contributed by atoms with Crippen LogP contribution < -0.4 is 5.32 Å². The maximum Gasteiger partial charge on any atom is 0.263 e. The first kappa shape index (κ1) is 14.7. The Kier molecular flexibility index (Phi) is 5.24. The SMILES string of the molecule is CCC(NCc1ccc(C(F)F)cc1)c1ccccc1. The second kappa shape index (κ2) is 7.15. The maximum absolute atomic E-state index is 12.5. The summed E-state index contributed by atoms with van der Waals surface area (Å²) in [4.78, 5) is 0. The number of nitrogens with one attached hydrogen (secondary N) is 1. The molecule has 106 valence electrons. The van der Waals surface area contributed by atoms with Gasteiger partial charge >= 0.3 is 0 Å². The van der Waals surface area contributed by atoms with Gasteiger partial charge < -0.3 is 5.32 Å². The molecule has 1 atom stereocenters. The Bertz CT molecular complexity index is 508. The summed E-state index contributed by atoms with van der Waals surface area (Å²) in [6.07, 6.45) is -1.41. The average Bonchev–Trinajstić information content (AvgIpc) is 2.49. The highest BCUT2D eigenvalue weighted by Gasteiger charge is 2.09. The molecule has 0 radical (unpaired) electrons. The number of hydrogen-bond donors (Lipinski definition) is 1. The summed E-state index contributed by atoms with van der Waals surface area (Å²) in [7, 11) is 0. The van der Waals surface area contributed by atoms with Gasteiger partial charge in [-0.1, -0.05) is 61.5 Å². The number of hydrogen-bond acceptors (Lipinski definition) is 1. The predicted molar refractivity (Wildman–Crippen MR) is 77.7 cm³/mol. The van der Waals surface area contributed by atoms with Crippen LogP contribution in [0.3, 0.4) is 0 Å². The second-order valence-corrected chi connectivity index (χ2v) is 4.79. The lowest BCUT2D eigenvalue weighted by molar-refractivity contribution is 0.151. The van der Waals surface area contributed by atoms with Crippen LogP contribution in [0.1, 0.15) is 42.5 Å². The highest BCUT2D eigenvalue weighted by atomic mass is 19.3. The Morgan fingerprint density at radius 1 is 0.900 bits per heavy atom. The fourth-order valence-electron chi connectivity index (χ4n) is 2.21. The van der Waals surface area contributed by atoms with Crippen molar-refractivity contribution in [1.29, 1.82) is 0 Å². The van der Waals surface area contributed by atoms with E-state index in [1.54, 1.807) is 12.1 Å². The van der Waals surface area contributed by atoms with Crippen molar-refractivity contribution in [2.75, 3.05) is 0 Å². The lowest BCUT2D eigenvalue weighted by Gasteiger charge is -2.17. The molecule has 0 spiro atoms. The van der Waals surface area contributed by atoms with E-state index in [4.69, 9.17) is 0 Å². The number of halogens is 2. The van der Waals surface area contributed by atoms with Crippen LogP contribution in [-0.2, 0) is 6.54 Å². The molecular weight excluding hydrogens is 256 g/mol. The van der Waals surface area contributed by atoms with Gasteiger partial charge in [-0.3, -0.25) is 0 Å². The molecule has 1 nitrogen and oxygen atoms in total. The Morgan fingerprint density at radius 3 is 2.10 bits per heavy atom. The Hall–Kier alpha value is -1.74. The maximum atomic E-state index is 12.5. The first-order valence-corrected chi connectivity index (χ1v) is 6.86. The topological polar surface area (TPSA) is 12.0 Å². The van der Waals surface area contributed by atoms with Crippen molar-refractivity contribution in [3.63, 3.8) is 0 Å². The Balaban J connectivity index is 1.96. The lowest BCUT2D eigenvalue weighted by Crippen LogP contribution is -2.20. The van der Waals surface area contributed by atoms with E-state index in [1.165, 1.54) is 17.7 Å². The predicted octanol–water partition coefficient (Wildman–Crippen LogP) is 4.87. The molecule has 2 aromatic carbocycles. The van der Waals surface area contributed by atoms with Crippen LogP contribution in [0.4, 0.5) is 8.78 Å². The molecular formula is C17H19F2N. The molecule has 0 aromatic heterocycles. The standard InChI is InChI=1S/C17H19F2N/c1-2-16(14-6-4-3-5-7-14)20-12-13-8-10-15(11-9-13)17(18)19/h3-11,16-17,20H,2,12H2,1H3. The molecule has 0 saturated carbocycles. The molecule has 0 bridgehead atoms. The second-order valence-electron chi connectivity index (χ2n) is 4.79. The molecule has 0 heterocycles. The highest BCUT2D eigenvalue weighted by Crippen LogP contribution is 2.20. The van der Waals surface area contributed by atoms with E-state index in [0.29, 0.717) is 6.54 Å². The Morgan fingerprint density at radius 2 is 1.55 bits per heavy atom. The monoisotopic (exact) mass is 275 g/mol. The molecule has 1 unspecified atom stereocenters. The molecule has 2 aromatic rings. The van der Waals surface area contributed by atoms with E-state index >= 15 is 0 Å². The third kappa shape index (κ3) is 3.87. The van der Waals surface area contributed by atoms with Crippen molar-refractivity contribution in [2.24, 2.45) is 0 Å². The van der Waals surface area contributed by atoms with Crippen LogP contribution in [0.25, 0.3) is 0 Å². The van der Waals surface area contributed by atoms with Crippen molar-refractivity contribution in [3.8, 4) is 0 Å². The van der Waals surface area contributed by atoms with E-state index < -0.39 is 6.43 Å². The molecule has 0 aliphatic heterocycles. The van der Waals surface area contributed by atoms with Crippen molar-refractivity contribution < 1.29 is 8.78 Å². The zero-order valence-corrected chi connectivity index (χ0v) is 11.5. The van der Waals surface area contributed by atoms with Gasteiger partial charge in [-0.15, -0.1) is 0 Å². The summed E-state index contributed by atoms with van der Waals surface area (Å²) < 4.78 is 24.9. The minimum atomic E-state index is -2.40. The molecule has 0 amide bonds. The number of rotatable bonds is 6. The van der Waals surface area contributed by atoms with Crippen molar-refractivity contribution in [1.82, 2.24) is 5.32 Å². The summed E-state index contributed by atoms with van der Waals surface area (Å²) in [6.45, 7) is 2.81. The molecule has 20 heavy (non-hydrogen) atoms. The van der Waals surface area contributed by atoms with E-state index in [9.17, 15) is 8.78 Å². The number of benzene rings is 2. The van der Waals surface area contributed by atoms with Gasteiger partial charge in [-0.05, 0) is 17.5 Å². The van der Waals surface area contributed by atoms with Crippen LogP contribution >= 0.6 is 0 Å². The first-order valence-electron chi connectivity index (χ1n) is 6.86. The minimum Gasteiger partial charge on any atom is -0.306 e. The van der Waals surface area contributed by atoms with Crippen LogP contribution in [0, 0.1) is 0 Å². The zero-order chi connectivity index (χ0) is 14.4. The third-order valence-corrected chi connectivity index (χ3v) is 3.39. The summed E-state index contributed by atoms with van der Waals surface area (Å²) in [5.74, 6) is 0. The number of alkyl halides is 2. The minimum absolute atomic E-state index is 0.0730. The van der Waals surface area contributed by atoms with Crippen LogP contribution in [0.2, 0.25) is 0 Å². The van der Waals surface area contributed by atoms with Gasteiger partial charge in [0, 0.05) is 18.2 Å². The van der Waals surface area contributed by atoms with Gasteiger partial charge in [0.15, 0.2) is 0 Å². The van der Waals surface area contributed by atoms with Gasteiger partial charge in [0.25, 0.3) is 6.43 Å². The van der Waals surface area contributed by atoms with Gasteiger partial charge in [0.1, 0.15) is 0 Å². The summed E-state index contributed by atoms with van der Waals surface area (Å²) in [6, 6.07) is 17.0. The quantitative estimate of drug-likeness (QED) is 0.793. The largest absolute Gasteiger partial charge is 0.306 e. The van der Waals surface area contributed by atoms with Gasteiger partial charge in [-0.2, -0.15) is 0 Å². The smallest absolute Gasteiger partial charge is 0.263 e. The third-order valence-electron chi connectivity index (χ3n) is 3.39. The summed E-state index contributed by atoms with van der Waals surface area (Å²) >= 11 is 0. The first-order chi connectivity index (χ1) is 9.70. The molecule has 0 saturated heterocycles. The van der Waals surface area contributed by atoms with Crippen molar-refractivity contribution >= 4 is 0 Å². The van der Waals surface area contributed by atoms with E-state index in [1.807, 2.05) is 18.2 Å². The molecule has 3 heteroatoms. The van der Waals surface area contributed by atoms with Crippen molar-refractivity contribution in [2.45, 2.75) is 32.4 Å². The highest BCUT2D eigenvalue weighted by molar-refractivity contribution is 5.24. The van der Waals surface area contributed by atoms with Gasteiger partial charge in [0.2, 0.25) is 0 Å². The van der Waals surface area contributed by atoms with Gasteiger partial charge in [0.05, 0.1) is 0 Å². The van der Waals surface area contributed by atoms with E-state index in [-0.39, 0.29) is 11.6 Å². The van der Waals surface area contributed by atoms with Crippen LogP contribution in [0.15, 0.2) is 54.6 Å². The average molecular weight is 275 g/mol. The van der Waals surface area contributed by atoms with Crippen LogP contribution in [0.5, 0.6) is 0 Å². The normalized spacial score (nSPS) is 12.6. The Labute approximate surface area is 118 Å². The molecule has 1 N–H and O–H groups in total. The fraction of sp³-hybridized carbons (Fsp3) is 0.294. The molecule has 2 rings (SSSR count). The lowest BCUT2D eigenvalue weighted by atomic mass is 10.0. The van der Waals surface area contributed by atoms with E-state index in [0.717, 1.165) is 12.0 Å². The molecule has 0 aliphatic carbocycles. The molecule has 0 fully saturated rings. The van der Waals surface area contributed by atoms with Gasteiger partial charge in [-0.25, -0.2) is 8.78 Å². The zero-order valence-electron chi connectivity index (χ0n) is 11.5. The fourth-order valence-corrected chi connectivity index (χ4v) is 2.21. The van der Waals surface area contributed by atoms with E-state index in [2.05, 4.69) is 24.4 Å². The van der Waals surface area contributed by atoms with Crippen molar-refractivity contribution in [3.05, 3.63) is 71.3 Å². The summed E-state index contributed by atoms with van der Waals surface area (Å²) in [5.41, 5.74) is 2.34. The summed E-state index contributed by atoms with van der Waals surface area (Å²) in [5, 5.41) is 3.46. The van der Waals surface area contributed by atoms with Crippen LogP contribution in [-0.4, -0.2) is 0 Å².